The summed E-state index contributed by atoms with van der Waals surface area (Å²) in [6, 6.07) is 10.9. The lowest BCUT2D eigenvalue weighted by Crippen LogP contribution is -2.33. The Morgan fingerprint density at radius 2 is 1.90 bits per heavy atom. The van der Waals surface area contributed by atoms with E-state index in [1.807, 2.05) is 6.92 Å². The number of pyridine rings is 1. The van der Waals surface area contributed by atoms with Gasteiger partial charge in [0, 0.05) is 24.2 Å². The largest absolute Gasteiger partial charge is 0.312 e. The van der Waals surface area contributed by atoms with Crippen molar-refractivity contribution in [3.63, 3.8) is 0 Å². The molecule has 1 aliphatic rings. The summed E-state index contributed by atoms with van der Waals surface area (Å²) in [5.74, 6) is 0. The van der Waals surface area contributed by atoms with Crippen molar-refractivity contribution >= 4 is 10.9 Å². The van der Waals surface area contributed by atoms with Gasteiger partial charge >= 0.3 is 0 Å². The third kappa shape index (κ3) is 3.62. The Morgan fingerprint density at radius 3 is 2.71 bits per heavy atom. The summed E-state index contributed by atoms with van der Waals surface area (Å²) in [6.07, 6.45) is 6.98. The first-order chi connectivity index (χ1) is 10.1. The molecular weight excluding hydrogens is 256 g/mol. The first-order valence-electron chi connectivity index (χ1n) is 8.22. The summed E-state index contributed by atoms with van der Waals surface area (Å²) < 4.78 is 0. The number of hydrogen-bond acceptors (Lipinski definition) is 2. The van der Waals surface area contributed by atoms with Crippen LogP contribution in [0.1, 0.15) is 50.3 Å². The molecule has 0 atom stereocenters. The molecule has 1 aliphatic carbocycles. The monoisotopic (exact) mass is 282 g/mol. The fourth-order valence-corrected chi connectivity index (χ4v) is 3.48. The first kappa shape index (κ1) is 14.5. The number of fused-ring (bicyclic) bond motifs is 1. The molecule has 1 heterocycles. The van der Waals surface area contributed by atoms with E-state index in [1.54, 1.807) is 0 Å². The number of aromatic nitrogens is 1. The minimum Gasteiger partial charge on any atom is -0.312 e. The second-order valence-corrected chi connectivity index (χ2v) is 6.95. The maximum Gasteiger partial charge on any atom is 0.0705 e. The summed E-state index contributed by atoms with van der Waals surface area (Å²) in [7, 11) is 0. The second-order valence-electron chi connectivity index (χ2n) is 6.95. The van der Waals surface area contributed by atoms with Gasteiger partial charge in [0.1, 0.15) is 0 Å². The fourth-order valence-electron chi connectivity index (χ4n) is 3.48. The molecule has 0 unspecified atom stereocenters. The highest BCUT2D eigenvalue weighted by molar-refractivity contribution is 5.79. The number of benzene rings is 1. The number of hydrogen-bond donors (Lipinski definition) is 1. The third-order valence-electron chi connectivity index (χ3n) is 4.83. The standard InChI is InChI=1S/C19H26N2/c1-15-6-8-17-12-16(7-9-18(17)21-15)13-20-14-19(2)10-4-3-5-11-19/h6-9,12,20H,3-5,10-11,13-14H2,1-2H3. The van der Waals surface area contributed by atoms with Crippen molar-refractivity contribution in [3.8, 4) is 0 Å². The van der Waals surface area contributed by atoms with E-state index in [0.717, 1.165) is 24.3 Å². The van der Waals surface area contributed by atoms with Crippen LogP contribution in [0.3, 0.4) is 0 Å². The second kappa shape index (κ2) is 6.15. The molecule has 0 bridgehead atoms. The average molecular weight is 282 g/mol. The Balaban J connectivity index is 1.61. The molecule has 0 amide bonds. The number of nitrogens with one attached hydrogen (secondary N) is 1. The zero-order chi connectivity index (χ0) is 14.7. The molecule has 3 rings (SSSR count). The molecule has 1 N–H and O–H groups in total. The molecule has 112 valence electrons. The summed E-state index contributed by atoms with van der Waals surface area (Å²) in [6.45, 7) is 6.57. The van der Waals surface area contributed by atoms with Crippen LogP contribution in [0.15, 0.2) is 30.3 Å². The highest BCUT2D eigenvalue weighted by atomic mass is 14.9. The Hall–Kier alpha value is -1.41. The topological polar surface area (TPSA) is 24.9 Å². The summed E-state index contributed by atoms with van der Waals surface area (Å²) >= 11 is 0. The smallest absolute Gasteiger partial charge is 0.0705 e. The number of rotatable bonds is 4. The van der Waals surface area contributed by atoms with E-state index in [2.05, 4.69) is 47.6 Å². The zero-order valence-corrected chi connectivity index (χ0v) is 13.3. The molecule has 1 saturated carbocycles. The van der Waals surface area contributed by atoms with Gasteiger partial charge in [0.15, 0.2) is 0 Å². The zero-order valence-electron chi connectivity index (χ0n) is 13.3. The Kier molecular flexibility index (Phi) is 4.25. The summed E-state index contributed by atoms with van der Waals surface area (Å²) in [4.78, 5) is 4.56. The molecule has 0 spiro atoms. The average Bonchev–Trinajstić information content (AvgIpc) is 2.48. The van der Waals surface area contributed by atoms with Crippen LogP contribution in [0, 0.1) is 12.3 Å². The minimum absolute atomic E-state index is 0.508. The van der Waals surface area contributed by atoms with Crippen molar-refractivity contribution in [2.24, 2.45) is 5.41 Å². The maximum absolute atomic E-state index is 4.56. The van der Waals surface area contributed by atoms with E-state index >= 15 is 0 Å². The highest BCUT2D eigenvalue weighted by Crippen LogP contribution is 2.34. The summed E-state index contributed by atoms with van der Waals surface area (Å²) in [5.41, 5.74) is 4.04. The molecule has 0 radical (unpaired) electrons. The molecule has 2 heteroatoms. The first-order valence-corrected chi connectivity index (χ1v) is 8.22. The Bertz CT molecular complexity index is 612. The van der Waals surface area contributed by atoms with Crippen molar-refractivity contribution in [1.82, 2.24) is 10.3 Å². The molecule has 21 heavy (non-hydrogen) atoms. The van der Waals surface area contributed by atoms with Crippen LogP contribution in [-0.2, 0) is 6.54 Å². The number of nitrogens with zero attached hydrogens (tertiary/aromatic N) is 1. The quantitative estimate of drug-likeness (QED) is 0.886. The fraction of sp³-hybridized carbons (Fsp3) is 0.526. The van der Waals surface area contributed by atoms with E-state index in [1.165, 1.54) is 43.1 Å². The molecule has 2 aromatic rings. The van der Waals surface area contributed by atoms with Crippen molar-refractivity contribution in [1.29, 1.82) is 0 Å². The van der Waals surface area contributed by atoms with Gasteiger partial charge in [0.25, 0.3) is 0 Å². The normalized spacial score (nSPS) is 18.0. The van der Waals surface area contributed by atoms with Crippen LogP contribution in [0.25, 0.3) is 10.9 Å². The van der Waals surface area contributed by atoms with E-state index in [4.69, 9.17) is 0 Å². The van der Waals surface area contributed by atoms with Crippen molar-refractivity contribution in [2.45, 2.75) is 52.5 Å². The van der Waals surface area contributed by atoms with E-state index in [-0.39, 0.29) is 0 Å². The molecule has 1 aromatic carbocycles. The minimum atomic E-state index is 0.508. The van der Waals surface area contributed by atoms with Gasteiger partial charge in [-0.25, -0.2) is 0 Å². The van der Waals surface area contributed by atoms with E-state index < -0.39 is 0 Å². The van der Waals surface area contributed by atoms with Crippen molar-refractivity contribution in [3.05, 3.63) is 41.6 Å². The van der Waals surface area contributed by atoms with Gasteiger partial charge in [-0.2, -0.15) is 0 Å². The van der Waals surface area contributed by atoms with Crippen LogP contribution in [0.2, 0.25) is 0 Å². The SMILES string of the molecule is Cc1ccc2cc(CNCC3(C)CCCCC3)ccc2n1. The van der Waals surface area contributed by atoms with Gasteiger partial charge in [-0.3, -0.25) is 4.98 Å². The van der Waals surface area contributed by atoms with Crippen LogP contribution in [0.5, 0.6) is 0 Å². The predicted octanol–water partition coefficient (Wildman–Crippen LogP) is 4.60. The van der Waals surface area contributed by atoms with Gasteiger partial charge in [-0.05, 0) is 48.9 Å². The van der Waals surface area contributed by atoms with E-state index in [0.29, 0.717) is 5.41 Å². The van der Waals surface area contributed by atoms with E-state index in [9.17, 15) is 0 Å². The van der Waals surface area contributed by atoms with Gasteiger partial charge < -0.3 is 5.32 Å². The van der Waals surface area contributed by atoms with Crippen molar-refractivity contribution < 1.29 is 0 Å². The Labute approximate surface area is 128 Å². The molecular formula is C19H26N2. The molecule has 1 aromatic heterocycles. The van der Waals surface area contributed by atoms with Gasteiger partial charge in [0.2, 0.25) is 0 Å². The highest BCUT2D eigenvalue weighted by Gasteiger charge is 2.25. The van der Waals surface area contributed by atoms with Gasteiger partial charge in [-0.15, -0.1) is 0 Å². The Morgan fingerprint density at radius 1 is 1.10 bits per heavy atom. The third-order valence-corrected chi connectivity index (χ3v) is 4.83. The van der Waals surface area contributed by atoms with Crippen LogP contribution >= 0.6 is 0 Å². The molecule has 1 fully saturated rings. The van der Waals surface area contributed by atoms with Crippen molar-refractivity contribution in [2.75, 3.05) is 6.54 Å². The lowest BCUT2D eigenvalue weighted by atomic mass is 9.76. The van der Waals surface area contributed by atoms with Crippen LogP contribution < -0.4 is 5.32 Å². The van der Waals surface area contributed by atoms with Gasteiger partial charge in [0.05, 0.1) is 5.52 Å². The lowest BCUT2D eigenvalue weighted by Gasteiger charge is -2.33. The molecule has 0 aliphatic heterocycles. The molecule has 2 nitrogen and oxygen atoms in total. The van der Waals surface area contributed by atoms with Crippen LogP contribution in [-0.4, -0.2) is 11.5 Å². The van der Waals surface area contributed by atoms with Gasteiger partial charge in [-0.1, -0.05) is 38.3 Å². The van der Waals surface area contributed by atoms with Crippen LogP contribution in [0.4, 0.5) is 0 Å². The lowest BCUT2D eigenvalue weighted by molar-refractivity contribution is 0.207. The number of aryl methyl sites for hydroxylation is 1. The maximum atomic E-state index is 4.56. The predicted molar refractivity (Wildman–Crippen MR) is 89.4 cm³/mol. The summed E-state index contributed by atoms with van der Waals surface area (Å²) in [5, 5.41) is 4.91. The molecule has 0 saturated heterocycles.